The Bertz CT molecular complexity index is 752. The lowest BCUT2D eigenvalue weighted by Crippen LogP contribution is -2.33. The summed E-state index contributed by atoms with van der Waals surface area (Å²) in [6.07, 6.45) is 3.06. The third kappa shape index (κ3) is 4.71. The molecule has 2 rings (SSSR count). The maximum absolute atomic E-state index is 12.0. The maximum atomic E-state index is 12.0. The SMILES string of the molecule is O=C(CNC(=O)c1ccc([N+](=O)[O-])cc1I)Nc1cccnc1. The summed E-state index contributed by atoms with van der Waals surface area (Å²) in [5.41, 5.74) is 0.697. The van der Waals surface area contributed by atoms with E-state index in [2.05, 4.69) is 15.6 Å². The summed E-state index contributed by atoms with van der Waals surface area (Å²) in [6.45, 7) is -0.221. The Kier molecular flexibility index (Phi) is 5.57. The van der Waals surface area contributed by atoms with Crippen molar-refractivity contribution in [3.63, 3.8) is 0 Å². The van der Waals surface area contributed by atoms with Crippen LogP contribution >= 0.6 is 22.6 Å². The van der Waals surface area contributed by atoms with E-state index in [4.69, 9.17) is 0 Å². The first kappa shape index (κ1) is 16.8. The summed E-state index contributed by atoms with van der Waals surface area (Å²) in [7, 11) is 0. The number of amides is 2. The molecule has 0 aliphatic rings. The third-order valence-electron chi connectivity index (χ3n) is 2.76. The van der Waals surface area contributed by atoms with Gasteiger partial charge in [0.15, 0.2) is 0 Å². The summed E-state index contributed by atoms with van der Waals surface area (Å²) in [5, 5.41) is 15.7. The second-order valence-corrected chi connectivity index (χ2v) is 5.56. The molecule has 8 nitrogen and oxygen atoms in total. The highest BCUT2D eigenvalue weighted by molar-refractivity contribution is 14.1. The molecule has 0 saturated carbocycles. The molecule has 2 aromatic rings. The third-order valence-corrected chi connectivity index (χ3v) is 3.66. The molecule has 1 aromatic carbocycles. The lowest BCUT2D eigenvalue weighted by molar-refractivity contribution is -0.384. The van der Waals surface area contributed by atoms with Gasteiger partial charge >= 0.3 is 0 Å². The van der Waals surface area contributed by atoms with Gasteiger partial charge in [-0.3, -0.25) is 24.7 Å². The van der Waals surface area contributed by atoms with Gasteiger partial charge in [0.1, 0.15) is 0 Å². The number of halogens is 1. The normalized spacial score (nSPS) is 9.96. The van der Waals surface area contributed by atoms with Crippen LogP contribution in [0.1, 0.15) is 10.4 Å². The predicted octanol–water partition coefficient (Wildman–Crippen LogP) is 1.96. The van der Waals surface area contributed by atoms with Gasteiger partial charge in [-0.15, -0.1) is 0 Å². The number of carbonyl (C=O) groups excluding carboxylic acids is 2. The molecule has 0 aliphatic carbocycles. The van der Waals surface area contributed by atoms with Crippen LogP contribution in [0.4, 0.5) is 11.4 Å². The number of benzene rings is 1. The highest BCUT2D eigenvalue weighted by atomic mass is 127. The van der Waals surface area contributed by atoms with E-state index in [9.17, 15) is 19.7 Å². The van der Waals surface area contributed by atoms with E-state index in [0.717, 1.165) is 0 Å². The zero-order valence-corrected chi connectivity index (χ0v) is 13.8. The monoisotopic (exact) mass is 426 g/mol. The van der Waals surface area contributed by atoms with E-state index in [0.29, 0.717) is 9.26 Å². The van der Waals surface area contributed by atoms with Gasteiger partial charge in [-0.2, -0.15) is 0 Å². The van der Waals surface area contributed by atoms with Crippen molar-refractivity contribution in [3.05, 3.63) is 62.0 Å². The van der Waals surface area contributed by atoms with Crippen LogP contribution in [0.15, 0.2) is 42.7 Å². The van der Waals surface area contributed by atoms with E-state index in [1.807, 2.05) is 22.6 Å². The van der Waals surface area contributed by atoms with Crippen LogP contribution in [0.3, 0.4) is 0 Å². The van der Waals surface area contributed by atoms with Crippen LogP contribution in [0.25, 0.3) is 0 Å². The minimum Gasteiger partial charge on any atom is -0.343 e. The van der Waals surface area contributed by atoms with Crippen molar-refractivity contribution in [2.45, 2.75) is 0 Å². The molecule has 118 valence electrons. The number of anilines is 1. The van der Waals surface area contributed by atoms with Crippen LogP contribution in [0, 0.1) is 13.7 Å². The number of carbonyl (C=O) groups is 2. The number of hydrogen-bond donors (Lipinski definition) is 2. The number of pyridine rings is 1. The quantitative estimate of drug-likeness (QED) is 0.431. The number of nitro groups is 1. The highest BCUT2D eigenvalue weighted by Gasteiger charge is 2.15. The largest absolute Gasteiger partial charge is 0.343 e. The average Bonchev–Trinajstić information content (AvgIpc) is 2.53. The lowest BCUT2D eigenvalue weighted by atomic mass is 10.2. The van der Waals surface area contributed by atoms with Crippen molar-refractivity contribution >= 4 is 45.8 Å². The Balaban J connectivity index is 1.94. The molecular formula is C14H11IN4O4. The Morgan fingerprint density at radius 3 is 2.70 bits per heavy atom. The molecule has 0 spiro atoms. The number of nitrogens with one attached hydrogen (secondary N) is 2. The molecule has 23 heavy (non-hydrogen) atoms. The fraction of sp³-hybridized carbons (Fsp3) is 0.0714. The number of nitro benzene ring substituents is 1. The van der Waals surface area contributed by atoms with Crippen molar-refractivity contribution in [3.8, 4) is 0 Å². The van der Waals surface area contributed by atoms with Crippen molar-refractivity contribution in [2.24, 2.45) is 0 Å². The van der Waals surface area contributed by atoms with Crippen molar-refractivity contribution in [1.82, 2.24) is 10.3 Å². The predicted molar refractivity (Wildman–Crippen MR) is 91.0 cm³/mol. The number of aromatic nitrogens is 1. The topological polar surface area (TPSA) is 114 Å². The van der Waals surface area contributed by atoms with Gasteiger partial charge in [-0.1, -0.05) is 0 Å². The highest BCUT2D eigenvalue weighted by Crippen LogP contribution is 2.19. The van der Waals surface area contributed by atoms with Crippen molar-refractivity contribution in [1.29, 1.82) is 0 Å². The van der Waals surface area contributed by atoms with Gasteiger partial charge in [0.05, 0.1) is 28.9 Å². The standard InChI is InChI=1S/C14H11IN4O4/c15-12-6-10(19(22)23)3-4-11(12)14(21)17-8-13(20)18-9-2-1-5-16-7-9/h1-7H,8H2,(H,17,21)(H,18,20). The molecule has 0 aliphatic heterocycles. The van der Waals surface area contributed by atoms with Crippen LogP contribution in [0.2, 0.25) is 0 Å². The molecule has 1 heterocycles. The smallest absolute Gasteiger partial charge is 0.270 e. The maximum Gasteiger partial charge on any atom is 0.270 e. The Morgan fingerprint density at radius 1 is 1.30 bits per heavy atom. The summed E-state index contributed by atoms with van der Waals surface area (Å²) < 4.78 is 0.432. The van der Waals surface area contributed by atoms with Crippen LogP contribution in [-0.4, -0.2) is 28.3 Å². The van der Waals surface area contributed by atoms with Crippen LogP contribution in [-0.2, 0) is 4.79 Å². The van der Waals surface area contributed by atoms with Gasteiger partial charge in [0.25, 0.3) is 11.6 Å². The van der Waals surface area contributed by atoms with E-state index < -0.39 is 16.7 Å². The minimum absolute atomic E-state index is 0.0970. The first-order valence-corrected chi connectivity index (χ1v) is 7.47. The van der Waals surface area contributed by atoms with Gasteiger partial charge < -0.3 is 10.6 Å². The van der Waals surface area contributed by atoms with E-state index in [1.54, 1.807) is 18.3 Å². The molecule has 9 heteroatoms. The van der Waals surface area contributed by atoms with Gasteiger partial charge in [0.2, 0.25) is 5.91 Å². The number of hydrogen-bond acceptors (Lipinski definition) is 5. The zero-order chi connectivity index (χ0) is 16.8. The van der Waals surface area contributed by atoms with E-state index in [-0.39, 0.29) is 17.8 Å². The molecule has 0 fully saturated rings. The van der Waals surface area contributed by atoms with Gasteiger partial charge in [-0.25, -0.2) is 0 Å². The molecular weight excluding hydrogens is 415 g/mol. The van der Waals surface area contributed by atoms with E-state index in [1.165, 1.54) is 24.4 Å². The summed E-state index contributed by atoms with van der Waals surface area (Å²) >= 11 is 1.84. The molecule has 1 aromatic heterocycles. The zero-order valence-electron chi connectivity index (χ0n) is 11.7. The Morgan fingerprint density at radius 2 is 2.09 bits per heavy atom. The second kappa shape index (κ2) is 7.63. The van der Waals surface area contributed by atoms with Gasteiger partial charge in [0, 0.05) is 21.9 Å². The Hall–Kier alpha value is -2.56. The number of nitrogens with zero attached hydrogens (tertiary/aromatic N) is 2. The van der Waals surface area contributed by atoms with Crippen LogP contribution < -0.4 is 10.6 Å². The fourth-order valence-electron chi connectivity index (χ4n) is 1.70. The molecule has 0 atom stereocenters. The molecule has 2 N–H and O–H groups in total. The Labute approximate surface area is 144 Å². The summed E-state index contributed by atoms with van der Waals surface area (Å²) in [6, 6.07) is 7.24. The second-order valence-electron chi connectivity index (χ2n) is 4.39. The van der Waals surface area contributed by atoms with Crippen LogP contribution in [0.5, 0.6) is 0 Å². The first-order chi connectivity index (χ1) is 11.0. The first-order valence-electron chi connectivity index (χ1n) is 6.39. The molecule has 0 radical (unpaired) electrons. The number of non-ortho nitro benzene ring substituents is 1. The number of rotatable bonds is 5. The molecule has 0 saturated heterocycles. The molecule has 2 amide bonds. The minimum atomic E-state index is -0.537. The lowest BCUT2D eigenvalue weighted by Gasteiger charge is -2.07. The fourth-order valence-corrected chi connectivity index (χ4v) is 2.44. The summed E-state index contributed by atoms with van der Waals surface area (Å²) in [4.78, 5) is 37.7. The van der Waals surface area contributed by atoms with Gasteiger partial charge in [-0.05, 0) is 40.8 Å². The van der Waals surface area contributed by atoms with Crippen molar-refractivity contribution in [2.75, 3.05) is 11.9 Å². The van der Waals surface area contributed by atoms with Crippen molar-refractivity contribution < 1.29 is 14.5 Å². The van der Waals surface area contributed by atoms with E-state index >= 15 is 0 Å². The molecule has 0 bridgehead atoms. The summed E-state index contributed by atoms with van der Waals surface area (Å²) in [5.74, 6) is -0.881. The average molecular weight is 426 g/mol. The molecule has 0 unspecified atom stereocenters.